The molecule has 2 aromatic rings. The van der Waals surface area contributed by atoms with Crippen LogP contribution in [0.15, 0.2) is 36.4 Å². The van der Waals surface area contributed by atoms with E-state index in [0.29, 0.717) is 13.2 Å². The van der Waals surface area contributed by atoms with Crippen LogP contribution in [-0.4, -0.2) is 19.8 Å². The SMILES string of the molecule is Nc1cc2c(cc1N1CCCc3ccccc31)OCCO2. The number of hydrogen-bond acceptors (Lipinski definition) is 4. The second-order valence-corrected chi connectivity index (χ2v) is 5.44. The number of nitrogens with two attached hydrogens (primary N) is 1. The first-order chi connectivity index (χ1) is 10.3. The van der Waals surface area contributed by atoms with Crippen LogP contribution < -0.4 is 20.1 Å². The molecule has 0 aromatic heterocycles. The summed E-state index contributed by atoms with van der Waals surface area (Å²) in [5, 5.41) is 0. The molecule has 2 heterocycles. The molecule has 4 rings (SSSR count). The quantitative estimate of drug-likeness (QED) is 0.816. The van der Waals surface area contributed by atoms with E-state index in [-0.39, 0.29) is 0 Å². The maximum absolute atomic E-state index is 6.26. The topological polar surface area (TPSA) is 47.7 Å². The van der Waals surface area contributed by atoms with E-state index in [9.17, 15) is 0 Å². The van der Waals surface area contributed by atoms with Crippen LogP contribution in [0.25, 0.3) is 0 Å². The van der Waals surface area contributed by atoms with Crippen LogP contribution in [-0.2, 0) is 6.42 Å². The third-order valence-corrected chi connectivity index (χ3v) is 4.09. The first kappa shape index (κ1) is 12.4. The van der Waals surface area contributed by atoms with Gasteiger partial charge in [0.1, 0.15) is 13.2 Å². The molecule has 0 spiro atoms. The predicted octanol–water partition coefficient (Wildman–Crippen LogP) is 3.12. The lowest BCUT2D eigenvalue weighted by Gasteiger charge is -2.33. The highest BCUT2D eigenvalue weighted by Crippen LogP contribution is 2.42. The molecule has 2 aliphatic heterocycles. The van der Waals surface area contributed by atoms with E-state index < -0.39 is 0 Å². The number of aryl methyl sites for hydroxylation is 1. The van der Waals surface area contributed by atoms with Crippen molar-refractivity contribution in [3.63, 3.8) is 0 Å². The fraction of sp³-hybridized carbons (Fsp3) is 0.294. The molecule has 0 atom stereocenters. The summed E-state index contributed by atoms with van der Waals surface area (Å²) < 4.78 is 11.3. The highest BCUT2D eigenvalue weighted by Gasteiger charge is 2.22. The molecule has 2 aliphatic rings. The third-order valence-electron chi connectivity index (χ3n) is 4.09. The molecule has 4 nitrogen and oxygen atoms in total. The Morgan fingerprint density at radius 3 is 2.57 bits per heavy atom. The minimum Gasteiger partial charge on any atom is -0.486 e. The summed E-state index contributed by atoms with van der Waals surface area (Å²) in [7, 11) is 0. The summed E-state index contributed by atoms with van der Waals surface area (Å²) in [6, 6.07) is 12.4. The van der Waals surface area contributed by atoms with E-state index >= 15 is 0 Å². The molecule has 0 unspecified atom stereocenters. The third kappa shape index (κ3) is 2.07. The number of rotatable bonds is 1. The fourth-order valence-electron chi connectivity index (χ4n) is 3.11. The van der Waals surface area contributed by atoms with Crippen LogP contribution in [0.1, 0.15) is 12.0 Å². The minimum absolute atomic E-state index is 0.582. The van der Waals surface area contributed by atoms with E-state index in [0.717, 1.165) is 42.3 Å². The maximum atomic E-state index is 6.26. The van der Waals surface area contributed by atoms with E-state index in [1.54, 1.807) is 0 Å². The normalized spacial score (nSPS) is 16.5. The van der Waals surface area contributed by atoms with Gasteiger partial charge >= 0.3 is 0 Å². The van der Waals surface area contributed by atoms with Crippen molar-refractivity contribution < 1.29 is 9.47 Å². The Kier molecular flexibility index (Phi) is 2.88. The van der Waals surface area contributed by atoms with Crippen LogP contribution in [0.2, 0.25) is 0 Å². The van der Waals surface area contributed by atoms with E-state index in [4.69, 9.17) is 15.2 Å². The van der Waals surface area contributed by atoms with Crippen LogP contribution in [0, 0.1) is 0 Å². The summed E-state index contributed by atoms with van der Waals surface area (Å²) in [6.45, 7) is 2.14. The van der Waals surface area contributed by atoms with Crippen molar-refractivity contribution in [2.24, 2.45) is 0 Å². The minimum atomic E-state index is 0.582. The van der Waals surface area contributed by atoms with Gasteiger partial charge in [-0.3, -0.25) is 0 Å². The second-order valence-electron chi connectivity index (χ2n) is 5.44. The van der Waals surface area contributed by atoms with Gasteiger partial charge < -0.3 is 20.1 Å². The number of nitrogen functional groups attached to an aromatic ring is 1. The highest BCUT2D eigenvalue weighted by molar-refractivity contribution is 5.80. The summed E-state index contributed by atoms with van der Waals surface area (Å²) in [6.07, 6.45) is 2.25. The largest absolute Gasteiger partial charge is 0.486 e. The summed E-state index contributed by atoms with van der Waals surface area (Å²) >= 11 is 0. The Balaban J connectivity index is 1.81. The number of benzene rings is 2. The molecule has 4 heteroatoms. The van der Waals surface area contributed by atoms with Crippen LogP contribution in [0.5, 0.6) is 11.5 Å². The lowest BCUT2D eigenvalue weighted by molar-refractivity contribution is 0.172. The van der Waals surface area contributed by atoms with Gasteiger partial charge in [-0.2, -0.15) is 0 Å². The van der Waals surface area contributed by atoms with Gasteiger partial charge in [0.2, 0.25) is 0 Å². The molecule has 0 aliphatic carbocycles. The van der Waals surface area contributed by atoms with E-state index in [1.807, 2.05) is 12.1 Å². The monoisotopic (exact) mass is 282 g/mol. The van der Waals surface area contributed by atoms with Gasteiger partial charge in [0.05, 0.1) is 11.4 Å². The van der Waals surface area contributed by atoms with Crippen molar-refractivity contribution in [1.29, 1.82) is 0 Å². The number of hydrogen-bond donors (Lipinski definition) is 1. The molecule has 0 saturated heterocycles. The Hall–Kier alpha value is -2.36. The molecule has 108 valence electrons. The molecule has 0 saturated carbocycles. The molecule has 0 bridgehead atoms. The second kappa shape index (κ2) is 4.88. The first-order valence-corrected chi connectivity index (χ1v) is 7.37. The molecule has 0 fully saturated rings. The van der Waals surface area contributed by atoms with Crippen molar-refractivity contribution in [1.82, 2.24) is 0 Å². The molecule has 0 amide bonds. The molecule has 21 heavy (non-hydrogen) atoms. The van der Waals surface area contributed by atoms with Crippen LogP contribution in [0.3, 0.4) is 0 Å². The zero-order valence-corrected chi connectivity index (χ0v) is 11.8. The van der Waals surface area contributed by atoms with Crippen molar-refractivity contribution in [3.8, 4) is 11.5 Å². The average molecular weight is 282 g/mol. The van der Waals surface area contributed by atoms with Crippen molar-refractivity contribution in [3.05, 3.63) is 42.0 Å². The van der Waals surface area contributed by atoms with Gasteiger partial charge in [0, 0.05) is 24.4 Å². The van der Waals surface area contributed by atoms with Gasteiger partial charge in [-0.05, 0) is 24.5 Å². The number of ether oxygens (including phenoxy) is 2. The Morgan fingerprint density at radius 2 is 1.71 bits per heavy atom. The fourth-order valence-corrected chi connectivity index (χ4v) is 3.11. The predicted molar refractivity (Wildman–Crippen MR) is 83.6 cm³/mol. The van der Waals surface area contributed by atoms with E-state index in [2.05, 4.69) is 29.2 Å². The van der Waals surface area contributed by atoms with Crippen molar-refractivity contribution >= 4 is 17.1 Å². The number of para-hydroxylation sites is 1. The molecular weight excluding hydrogens is 264 g/mol. The average Bonchev–Trinajstić information content (AvgIpc) is 2.54. The standard InChI is InChI=1S/C17H18N2O2/c18-13-10-16-17(21-9-8-20-16)11-15(13)19-7-3-5-12-4-1-2-6-14(12)19/h1-2,4,6,10-11H,3,5,7-9,18H2. The van der Waals surface area contributed by atoms with Crippen LogP contribution in [0.4, 0.5) is 17.1 Å². The molecule has 0 radical (unpaired) electrons. The molecule has 2 N–H and O–H groups in total. The lowest BCUT2D eigenvalue weighted by atomic mass is 10.0. The van der Waals surface area contributed by atoms with Crippen molar-refractivity contribution in [2.45, 2.75) is 12.8 Å². The maximum Gasteiger partial charge on any atom is 0.163 e. The molecule has 2 aromatic carbocycles. The van der Waals surface area contributed by atoms with Gasteiger partial charge in [0.25, 0.3) is 0 Å². The van der Waals surface area contributed by atoms with Crippen molar-refractivity contribution in [2.75, 3.05) is 30.4 Å². The van der Waals surface area contributed by atoms with Crippen LogP contribution >= 0.6 is 0 Å². The highest BCUT2D eigenvalue weighted by atomic mass is 16.6. The van der Waals surface area contributed by atoms with Gasteiger partial charge in [-0.15, -0.1) is 0 Å². The molecular formula is C17H18N2O2. The first-order valence-electron chi connectivity index (χ1n) is 7.37. The summed E-state index contributed by atoms with van der Waals surface area (Å²) in [4.78, 5) is 2.28. The smallest absolute Gasteiger partial charge is 0.163 e. The summed E-state index contributed by atoms with van der Waals surface area (Å²) in [5.41, 5.74) is 10.6. The number of fused-ring (bicyclic) bond motifs is 2. The lowest BCUT2D eigenvalue weighted by Crippen LogP contribution is -2.25. The Bertz CT molecular complexity index is 684. The number of anilines is 3. The Morgan fingerprint density at radius 1 is 0.952 bits per heavy atom. The Labute approximate surface area is 124 Å². The van der Waals surface area contributed by atoms with Gasteiger partial charge in [-0.25, -0.2) is 0 Å². The number of nitrogens with zero attached hydrogens (tertiary/aromatic N) is 1. The van der Waals surface area contributed by atoms with Gasteiger partial charge in [0.15, 0.2) is 11.5 Å². The zero-order chi connectivity index (χ0) is 14.2. The van der Waals surface area contributed by atoms with Gasteiger partial charge in [-0.1, -0.05) is 18.2 Å². The van der Waals surface area contributed by atoms with E-state index in [1.165, 1.54) is 11.3 Å². The summed E-state index contributed by atoms with van der Waals surface area (Å²) in [5.74, 6) is 1.53. The zero-order valence-electron chi connectivity index (χ0n) is 11.8.